The van der Waals surface area contributed by atoms with Crippen LogP contribution in [0.4, 0.5) is 0 Å². The van der Waals surface area contributed by atoms with Gasteiger partial charge in [0.2, 0.25) is 5.91 Å². The molecular weight excluding hydrogens is 434 g/mol. The average molecular weight is 472 g/mol. The molecule has 0 saturated carbocycles. The van der Waals surface area contributed by atoms with Gasteiger partial charge in [0, 0.05) is 52.5 Å². The second kappa shape index (κ2) is 12.9. The maximum Gasteiger partial charge on any atom is 0.332 e. The van der Waals surface area contributed by atoms with Crippen LogP contribution in [-0.2, 0) is 32.0 Å². The van der Waals surface area contributed by atoms with E-state index in [4.69, 9.17) is 0 Å². The number of nitrogens with zero attached hydrogens (tertiary/aromatic N) is 6. The fraction of sp³-hybridized carbons (Fsp3) is 0.625. The molecule has 0 atom stereocenters. The molecule has 10 heteroatoms. The van der Waals surface area contributed by atoms with Gasteiger partial charge in [-0.15, -0.1) is 0 Å². The number of unbranched alkanes of at least 4 members (excludes halogenated alkanes) is 7. The number of carbonyl (C=O) groups is 1. The van der Waals surface area contributed by atoms with Crippen LogP contribution in [0.2, 0.25) is 0 Å². The lowest BCUT2D eigenvalue weighted by molar-refractivity contribution is -0.121. The number of carbonyl (C=O) groups excluding carboxylic acids is 1. The number of nitrogens with one attached hydrogen (secondary N) is 1. The van der Waals surface area contributed by atoms with Crippen LogP contribution in [0.1, 0.15) is 64.2 Å². The standard InChI is InChI=1S/C24H37N7O3/c1-28-19-27-22-21(28)23(33)31(24(34)29(22)2)16-10-8-6-4-3-5-7-9-12-20(32)26-13-11-15-30-17-14-25-18-30/h14,17-19H,3-13,15-16H2,1-2H3,(H,26,32). The molecule has 0 fully saturated rings. The summed E-state index contributed by atoms with van der Waals surface area (Å²) in [4.78, 5) is 45.2. The normalized spacial score (nSPS) is 11.4. The van der Waals surface area contributed by atoms with Gasteiger partial charge in [-0.05, 0) is 19.3 Å². The first-order valence-electron chi connectivity index (χ1n) is 12.3. The Kier molecular flexibility index (Phi) is 9.66. The molecule has 0 aliphatic carbocycles. The highest BCUT2D eigenvalue weighted by atomic mass is 16.2. The van der Waals surface area contributed by atoms with Gasteiger partial charge in [0.05, 0.1) is 12.7 Å². The molecule has 0 saturated heterocycles. The third-order valence-corrected chi connectivity index (χ3v) is 6.21. The Balaban J connectivity index is 1.21. The van der Waals surface area contributed by atoms with Gasteiger partial charge >= 0.3 is 5.69 Å². The monoisotopic (exact) mass is 471 g/mol. The van der Waals surface area contributed by atoms with Crippen molar-refractivity contribution in [1.82, 2.24) is 33.6 Å². The zero-order chi connectivity index (χ0) is 24.3. The summed E-state index contributed by atoms with van der Waals surface area (Å²) >= 11 is 0. The largest absolute Gasteiger partial charge is 0.356 e. The molecule has 10 nitrogen and oxygen atoms in total. The van der Waals surface area contributed by atoms with Gasteiger partial charge in [-0.25, -0.2) is 14.8 Å². The average Bonchev–Trinajstić information content (AvgIpc) is 3.48. The highest BCUT2D eigenvalue weighted by Gasteiger charge is 2.14. The summed E-state index contributed by atoms with van der Waals surface area (Å²) in [5.41, 5.74) is 0.320. The third kappa shape index (κ3) is 6.91. The molecule has 0 aliphatic heterocycles. The Morgan fingerprint density at radius 1 is 0.912 bits per heavy atom. The van der Waals surface area contributed by atoms with Gasteiger partial charge in [-0.3, -0.25) is 18.7 Å². The van der Waals surface area contributed by atoms with Crippen LogP contribution >= 0.6 is 0 Å². The minimum atomic E-state index is -0.307. The summed E-state index contributed by atoms with van der Waals surface area (Å²) in [7, 11) is 3.42. The first kappa shape index (κ1) is 25.5. The Hall–Kier alpha value is -3.17. The highest BCUT2D eigenvalue weighted by molar-refractivity contribution is 5.75. The molecule has 3 aromatic rings. The van der Waals surface area contributed by atoms with E-state index < -0.39 is 0 Å². The smallest absolute Gasteiger partial charge is 0.332 e. The zero-order valence-corrected chi connectivity index (χ0v) is 20.4. The van der Waals surface area contributed by atoms with E-state index in [0.717, 1.165) is 64.3 Å². The number of aryl methyl sites for hydroxylation is 3. The van der Waals surface area contributed by atoms with E-state index in [1.54, 1.807) is 37.5 Å². The van der Waals surface area contributed by atoms with E-state index in [2.05, 4.69) is 15.3 Å². The van der Waals surface area contributed by atoms with Crippen molar-refractivity contribution >= 4 is 17.1 Å². The molecule has 0 aliphatic rings. The van der Waals surface area contributed by atoms with E-state index in [9.17, 15) is 14.4 Å². The van der Waals surface area contributed by atoms with Gasteiger partial charge in [-0.1, -0.05) is 38.5 Å². The number of fused-ring (bicyclic) bond motifs is 1. The fourth-order valence-corrected chi connectivity index (χ4v) is 4.21. The van der Waals surface area contributed by atoms with Gasteiger partial charge in [0.25, 0.3) is 5.56 Å². The number of rotatable bonds is 15. The van der Waals surface area contributed by atoms with E-state index in [1.807, 2.05) is 10.8 Å². The summed E-state index contributed by atoms with van der Waals surface area (Å²) in [5, 5.41) is 2.98. The second-order valence-electron chi connectivity index (χ2n) is 8.91. The molecule has 0 aromatic carbocycles. The quantitative estimate of drug-likeness (QED) is 0.342. The van der Waals surface area contributed by atoms with E-state index in [1.165, 1.54) is 9.13 Å². The van der Waals surface area contributed by atoms with Crippen molar-refractivity contribution in [2.45, 2.75) is 77.3 Å². The predicted molar refractivity (Wildman–Crippen MR) is 132 cm³/mol. The van der Waals surface area contributed by atoms with Crippen molar-refractivity contribution in [3.05, 3.63) is 45.9 Å². The van der Waals surface area contributed by atoms with Crippen LogP contribution in [0, 0.1) is 0 Å². The van der Waals surface area contributed by atoms with Gasteiger partial charge in [0.1, 0.15) is 0 Å². The van der Waals surface area contributed by atoms with Gasteiger partial charge in [0.15, 0.2) is 11.2 Å². The van der Waals surface area contributed by atoms with Crippen molar-refractivity contribution < 1.29 is 4.79 Å². The first-order chi connectivity index (χ1) is 16.5. The Morgan fingerprint density at radius 2 is 1.62 bits per heavy atom. The summed E-state index contributed by atoms with van der Waals surface area (Å²) in [6.07, 6.45) is 16.8. The van der Waals surface area contributed by atoms with E-state index >= 15 is 0 Å². The highest BCUT2D eigenvalue weighted by Crippen LogP contribution is 2.10. The van der Waals surface area contributed by atoms with E-state index in [-0.39, 0.29) is 17.2 Å². The molecule has 0 radical (unpaired) electrons. The van der Waals surface area contributed by atoms with Crippen molar-refractivity contribution in [1.29, 1.82) is 0 Å². The van der Waals surface area contributed by atoms with Crippen molar-refractivity contribution in [2.24, 2.45) is 14.1 Å². The number of amides is 1. The Morgan fingerprint density at radius 3 is 2.32 bits per heavy atom. The predicted octanol–water partition coefficient (Wildman–Crippen LogP) is 2.35. The lowest BCUT2D eigenvalue weighted by Gasteiger charge is -2.08. The Labute approximate surface area is 199 Å². The molecule has 3 aromatic heterocycles. The number of hydrogen-bond acceptors (Lipinski definition) is 5. The van der Waals surface area contributed by atoms with Crippen molar-refractivity contribution in [3.8, 4) is 0 Å². The molecular formula is C24H37N7O3. The molecule has 3 rings (SSSR count). The minimum Gasteiger partial charge on any atom is -0.356 e. The zero-order valence-electron chi connectivity index (χ0n) is 20.4. The lowest BCUT2D eigenvalue weighted by Crippen LogP contribution is -2.39. The summed E-state index contributed by atoms with van der Waals surface area (Å²) in [6, 6.07) is 0. The summed E-state index contributed by atoms with van der Waals surface area (Å²) < 4.78 is 6.44. The van der Waals surface area contributed by atoms with Crippen LogP contribution in [0.25, 0.3) is 11.2 Å². The summed E-state index contributed by atoms with van der Waals surface area (Å²) in [6.45, 7) is 2.00. The van der Waals surface area contributed by atoms with Crippen LogP contribution in [0.3, 0.4) is 0 Å². The number of imidazole rings is 2. The second-order valence-corrected chi connectivity index (χ2v) is 8.91. The fourth-order valence-electron chi connectivity index (χ4n) is 4.21. The van der Waals surface area contributed by atoms with Crippen molar-refractivity contribution in [3.63, 3.8) is 0 Å². The number of hydrogen-bond donors (Lipinski definition) is 1. The van der Waals surface area contributed by atoms with Gasteiger partial charge in [-0.2, -0.15) is 0 Å². The Bertz CT molecular complexity index is 1160. The molecule has 34 heavy (non-hydrogen) atoms. The molecule has 0 unspecified atom stereocenters. The molecule has 3 heterocycles. The molecule has 1 amide bonds. The van der Waals surface area contributed by atoms with Gasteiger partial charge < -0.3 is 14.5 Å². The first-order valence-corrected chi connectivity index (χ1v) is 12.3. The third-order valence-electron chi connectivity index (χ3n) is 6.21. The van der Waals surface area contributed by atoms with Crippen LogP contribution in [0.5, 0.6) is 0 Å². The number of aromatic nitrogens is 6. The van der Waals surface area contributed by atoms with Crippen LogP contribution in [-0.4, -0.2) is 40.7 Å². The molecule has 1 N–H and O–H groups in total. The molecule has 186 valence electrons. The van der Waals surface area contributed by atoms with Crippen molar-refractivity contribution in [2.75, 3.05) is 6.54 Å². The molecule has 0 bridgehead atoms. The van der Waals surface area contributed by atoms with E-state index in [0.29, 0.717) is 30.7 Å². The maximum atomic E-state index is 12.7. The minimum absolute atomic E-state index is 0.135. The topological polar surface area (TPSA) is 109 Å². The molecule has 0 spiro atoms. The SMILES string of the molecule is Cn1cnc2c1c(=O)n(CCCCCCCCCCC(=O)NCCCn1ccnc1)c(=O)n2C. The maximum absolute atomic E-state index is 12.7. The summed E-state index contributed by atoms with van der Waals surface area (Å²) in [5.74, 6) is 0.135. The van der Waals surface area contributed by atoms with Crippen LogP contribution in [0.15, 0.2) is 34.6 Å². The van der Waals surface area contributed by atoms with Crippen LogP contribution < -0.4 is 16.6 Å². The lowest BCUT2D eigenvalue weighted by atomic mass is 10.1.